The minimum atomic E-state index is -0.305. The maximum atomic E-state index is 11.4. The van der Waals surface area contributed by atoms with E-state index in [1.807, 2.05) is 6.92 Å². The molecule has 0 saturated carbocycles. The van der Waals surface area contributed by atoms with Crippen LogP contribution in [-0.2, 0) is 6.42 Å². The lowest BCUT2D eigenvalue weighted by Gasteiger charge is -1.91. The maximum Gasteiger partial charge on any atom is 0.347 e. The lowest BCUT2D eigenvalue weighted by Crippen LogP contribution is -2.00. The minimum Gasteiger partial charge on any atom is -0.464 e. The van der Waals surface area contributed by atoms with Crippen molar-refractivity contribution >= 4 is 11.0 Å². The molecule has 0 amide bonds. The van der Waals surface area contributed by atoms with Crippen LogP contribution < -0.4 is 5.63 Å². The number of hydrogen-bond acceptors (Lipinski definition) is 3. The number of rotatable bonds is 1. The van der Waals surface area contributed by atoms with Crippen LogP contribution in [0.3, 0.4) is 0 Å². The molecule has 0 fully saturated rings. The zero-order chi connectivity index (χ0) is 9.42. The molecule has 2 aromatic rings. The second-order valence-electron chi connectivity index (χ2n) is 3.00. The summed E-state index contributed by atoms with van der Waals surface area (Å²) in [5.74, 6) is 0.578. The van der Waals surface area contributed by atoms with Gasteiger partial charge in [-0.15, -0.1) is 0 Å². The molecule has 0 aliphatic carbocycles. The molecule has 0 aliphatic rings. The first kappa shape index (κ1) is 8.10. The molecule has 0 aliphatic heterocycles. The second kappa shape index (κ2) is 2.76. The predicted octanol–water partition coefficient (Wildman–Crippen LogP) is 2.26. The minimum absolute atomic E-state index is 0.305. The highest BCUT2D eigenvalue weighted by Crippen LogP contribution is 2.18. The highest BCUT2D eigenvalue weighted by molar-refractivity contribution is 5.79. The zero-order valence-corrected chi connectivity index (χ0v) is 7.59. The molecule has 3 heteroatoms. The van der Waals surface area contributed by atoms with Gasteiger partial charge in [-0.3, -0.25) is 0 Å². The van der Waals surface area contributed by atoms with E-state index in [9.17, 15) is 4.79 Å². The fourth-order valence-corrected chi connectivity index (χ4v) is 1.42. The second-order valence-corrected chi connectivity index (χ2v) is 3.00. The van der Waals surface area contributed by atoms with Gasteiger partial charge in [0.1, 0.15) is 16.7 Å². The molecule has 2 rings (SSSR count). The molecular weight excluding hydrogens is 168 g/mol. The van der Waals surface area contributed by atoms with E-state index in [1.54, 1.807) is 19.3 Å². The van der Waals surface area contributed by atoms with E-state index < -0.39 is 0 Å². The molecular formula is C10H10O3. The molecule has 2 aromatic heterocycles. The molecule has 0 radical (unpaired) electrons. The fourth-order valence-electron chi connectivity index (χ4n) is 1.42. The summed E-state index contributed by atoms with van der Waals surface area (Å²) in [6.45, 7) is 3.71. The first-order chi connectivity index (χ1) is 6.22. The van der Waals surface area contributed by atoms with E-state index in [1.165, 1.54) is 0 Å². The Labute approximate surface area is 75.0 Å². The van der Waals surface area contributed by atoms with Crippen LogP contribution in [0.1, 0.15) is 18.2 Å². The van der Waals surface area contributed by atoms with E-state index in [0.717, 1.165) is 12.0 Å². The normalized spacial score (nSPS) is 10.9. The Hall–Kier alpha value is -1.51. The first-order valence-electron chi connectivity index (χ1n) is 4.23. The van der Waals surface area contributed by atoms with Crippen molar-refractivity contribution in [3.05, 3.63) is 34.1 Å². The molecule has 0 saturated heterocycles. The third-order valence-electron chi connectivity index (χ3n) is 2.07. The summed E-state index contributed by atoms with van der Waals surface area (Å²) in [5.41, 5.74) is 1.22. The molecule has 0 bridgehead atoms. The van der Waals surface area contributed by atoms with Crippen molar-refractivity contribution in [3.63, 3.8) is 0 Å². The van der Waals surface area contributed by atoms with E-state index in [4.69, 9.17) is 8.83 Å². The van der Waals surface area contributed by atoms with Gasteiger partial charge < -0.3 is 8.83 Å². The molecule has 0 atom stereocenters. The zero-order valence-electron chi connectivity index (χ0n) is 7.59. The Kier molecular flexibility index (Phi) is 1.72. The standard InChI is InChI=1S/C10H10O3/c1-3-7-5-12-8-4-6(2)13-10(11)9(7)8/h4-5H,3H2,1-2H3. The molecule has 13 heavy (non-hydrogen) atoms. The van der Waals surface area contributed by atoms with Crippen LogP contribution in [-0.4, -0.2) is 0 Å². The van der Waals surface area contributed by atoms with Crippen molar-refractivity contribution in [2.75, 3.05) is 0 Å². The topological polar surface area (TPSA) is 43.4 Å². The summed E-state index contributed by atoms with van der Waals surface area (Å²) in [5, 5.41) is 0.577. The average molecular weight is 178 g/mol. The molecule has 2 heterocycles. The van der Waals surface area contributed by atoms with E-state index in [0.29, 0.717) is 16.7 Å². The van der Waals surface area contributed by atoms with Crippen molar-refractivity contribution in [2.45, 2.75) is 20.3 Å². The summed E-state index contributed by atoms with van der Waals surface area (Å²) >= 11 is 0. The molecule has 3 nitrogen and oxygen atoms in total. The van der Waals surface area contributed by atoms with Gasteiger partial charge in [0.15, 0.2) is 0 Å². The van der Waals surface area contributed by atoms with Crippen molar-refractivity contribution in [1.82, 2.24) is 0 Å². The Balaban J connectivity index is 2.90. The summed E-state index contributed by atoms with van der Waals surface area (Å²) in [7, 11) is 0. The van der Waals surface area contributed by atoms with Gasteiger partial charge in [0.25, 0.3) is 0 Å². The van der Waals surface area contributed by atoms with Gasteiger partial charge in [-0.25, -0.2) is 4.79 Å². The quantitative estimate of drug-likeness (QED) is 0.672. The summed E-state index contributed by atoms with van der Waals surface area (Å²) in [6.07, 6.45) is 2.39. The van der Waals surface area contributed by atoms with Gasteiger partial charge in [0, 0.05) is 11.6 Å². The summed E-state index contributed by atoms with van der Waals surface area (Å²) in [4.78, 5) is 11.4. The number of fused-ring (bicyclic) bond motifs is 1. The van der Waals surface area contributed by atoms with Crippen LogP contribution in [0.4, 0.5) is 0 Å². The molecule has 0 unspecified atom stereocenters. The van der Waals surface area contributed by atoms with Crippen LogP contribution in [0.2, 0.25) is 0 Å². The molecule has 68 valence electrons. The third kappa shape index (κ3) is 1.16. The third-order valence-corrected chi connectivity index (χ3v) is 2.07. The monoisotopic (exact) mass is 178 g/mol. The largest absolute Gasteiger partial charge is 0.464 e. The van der Waals surface area contributed by atoms with Gasteiger partial charge in [-0.05, 0) is 13.3 Å². The molecule has 0 aromatic carbocycles. The predicted molar refractivity (Wildman–Crippen MR) is 48.9 cm³/mol. The van der Waals surface area contributed by atoms with E-state index in [2.05, 4.69) is 0 Å². The van der Waals surface area contributed by atoms with Crippen LogP contribution in [0.15, 0.2) is 26.0 Å². The number of hydrogen-bond donors (Lipinski definition) is 0. The van der Waals surface area contributed by atoms with Crippen molar-refractivity contribution in [1.29, 1.82) is 0 Å². The lowest BCUT2D eigenvalue weighted by molar-refractivity contribution is 0.485. The Morgan fingerprint density at radius 3 is 2.92 bits per heavy atom. The first-order valence-corrected chi connectivity index (χ1v) is 4.23. The Morgan fingerprint density at radius 1 is 1.46 bits per heavy atom. The van der Waals surface area contributed by atoms with Gasteiger partial charge >= 0.3 is 5.63 Å². The Morgan fingerprint density at radius 2 is 2.23 bits per heavy atom. The van der Waals surface area contributed by atoms with Crippen LogP contribution in [0.5, 0.6) is 0 Å². The van der Waals surface area contributed by atoms with Crippen LogP contribution >= 0.6 is 0 Å². The molecule has 0 N–H and O–H groups in total. The van der Waals surface area contributed by atoms with Crippen molar-refractivity contribution in [2.24, 2.45) is 0 Å². The smallest absolute Gasteiger partial charge is 0.347 e. The number of aryl methyl sites for hydroxylation is 2. The van der Waals surface area contributed by atoms with E-state index in [-0.39, 0.29) is 5.63 Å². The van der Waals surface area contributed by atoms with Gasteiger partial charge in [-0.1, -0.05) is 6.92 Å². The maximum absolute atomic E-state index is 11.4. The van der Waals surface area contributed by atoms with Crippen LogP contribution in [0, 0.1) is 6.92 Å². The fraction of sp³-hybridized carbons (Fsp3) is 0.300. The number of furan rings is 1. The van der Waals surface area contributed by atoms with E-state index >= 15 is 0 Å². The Bertz CT molecular complexity index is 490. The molecule has 0 spiro atoms. The highest BCUT2D eigenvalue weighted by atomic mass is 16.4. The summed E-state index contributed by atoms with van der Waals surface area (Å²) < 4.78 is 10.2. The average Bonchev–Trinajstić information content (AvgIpc) is 2.47. The lowest BCUT2D eigenvalue weighted by atomic mass is 10.2. The van der Waals surface area contributed by atoms with Gasteiger partial charge in [0.2, 0.25) is 0 Å². The highest BCUT2D eigenvalue weighted by Gasteiger charge is 2.09. The van der Waals surface area contributed by atoms with Crippen molar-refractivity contribution in [3.8, 4) is 0 Å². The van der Waals surface area contributed by atoms with Gasteiger partial charge in [-0.2, -0.15) is 0 Å². The van der Waals surface area contributed by atoms with Crippen LogP contribution in [0.25, 0.3) is 11.0 Å². The van der Waals surface area contributed by atoms with Crippen molar-refractivity contribution < 1.29 is 8.83 Å². The SMILES string of the molecule is CCc1coc2cc(C)oc(=O)c12. The summed E-state index contributed by atoms with van der Waals surface area (Å²) in [6, 6.07) is 1.73. The van der Waals surface area contributed by atoms with Gasteiger partial charge in [0.05, 0.1) is 6.26 Å².